The van der Waals surface area contributed by atoms with Crippen molar-refractivity contribution in [3.8, 4) is 0 Å². The molecule has 2 aliphatic rings. The summed E-state index contributed by atoms with van der Waals surface area (Å²) in [6, 6.07) is 4.40. The lowest BCUT2D eigenvalue weighted by Crippen LogP contribution is -2.22. The molecule has 1 amide bonds. The summed E-state index contributed by atoms with van der Waals surface area (Å²) < 4.78 is 0. The van der Waals surface area contributed by atoms with E-state index in [1.807, 2.05) is 28.9 Å². The molecule has 0 bridgehead atoms. The fraction of sp³-hybridized carbons (Fsp3) is 0.625. The third kappa shape index (κ3) is 3.00. The SMILES string of the molecule is O=CN1CCC[C@H]1c1cccnc1SC1CCCCC1. The molecule has 1 aliphatic carbocycles. The number of carbonyl (C=O) groups excluding carboxylic acids is 1. The van der Waals surface area contributed by atoms with E-state index in [1.54, 1.807) is 0 Å². The highest BCUT2D eigenvalue weighted by Gasteiger charge is 2.28. The number of nitrogens with zero attached hydrogens (tertiary/aromatic N) is 2. The van der Waals surface area contributed by atoms with Gasteiger partial charge in [0.1, 0.15) is 5.03 Å². The van der Waals surface area contributed by atoms with Crippen LogP contribution in [0.4, 0.5) is 0 Å². The molecule has 3 nitrogen and oxygen atoms in total. The largest absolute Gasteiger partial charge is 0.338 e. The van der Waals surface area contributed by atoms with Crippen LogP contribution in [0.3, 0.4) is 0 Å². The van der Waals surface area contributed by atoms with Gasteiger partial charge >= 0.3 is 0 Å². The molecule has 108 valence electrons. The Morgan fingerprint density at radius 2 is 2.05 bits per heavy atom. The van der Waals surface area contributed by atoms with Crippen molar-refractivity contribution in [2.45, 2.75) is 61.3 Å². The molecule has 4 heteroatoms. The molecule has 1 saturated heterocycles. The highest BCUT2D eigenvalue weighted by Crippen LogP contribution is 2.39. The average Bonchev–Trinajstić information content (AvgIpc) is 2.97. The normalized spacial score (nSPS) is 24.0. The van der Waals surface area contributed by atoms with E-state index in [4.69, 9.17) is 0 Å². The molecular weight excluding hydrogens is 268 g/mol. The highest BCUT2D eigenvalue weighted by atomic mass is 32.2. The smallest absolute Gasteiger partial charge is 0.210 e. The van der Waals surface area contributed by atoms with Gasteiger partial charge in [-0.05, 0) is 31.7 Å². The van der Waals surface area contributed by atoms with Crippen molar-refractivity contribution < 1.29 is 4.79 Å². The number of hydrogen-bond donors (Lipinski definition) is 0. The Kier molecular flexibility index (Phi) is 4.61. The van der Waals surface area contributed by atoms with Gasteiger partial charge in [0.2, 0.25) is 6.41 Å². The fourth-order valence-electron chi connectivity index (χ4n) is 3.35. The molecule has 0 radical (unpaired) electrons. The molecule has 0 spiro atoms. The van der Waals surface area contributed by atoms with E-state index in [-0.39, 0.29) is 6.04 Å². The third-order valence-corrected chi connectivity index (χ3v) is 5.79. The number of amides is 1. The Bertz CT molecular complexity index is 460. The molecule has 2 heterocycles. The Labute approximate surface area is 125 Å². The Morgan fingerprint density at radius 1 is 1.20 bits per heavy atom. The predicted molar refractivity (Wildman–Crippen MR) is 81.7 cm³/mol. The van der Waals surface area contributed by atoms with Crippen molar-refractivity contribution in [2.75, 3.05) is 6.54 Å². The lowest BCUT2D eigenvalue weighted by atomic mass is 10.0. The van der Waals surface area contributed by atoms with Crippen LogP contribution < -0.4 is 0 Å². The summed E-state index contributed by atoms with van der Waals surface area (Å²) in [4.78, 5) is 17.7. The van der Waals surface area contributed by atoms with Crippen molar-refractivity contribution >= 4 is 18.2 Å². The van der Waals surface area contributed by atoms with E-state index >= 15 is 0 Å². The Balaban J connectivity index is 1.78. The number of hydrogen-bond acceptors (Lipinski definition) is 3. The maximum atomic E-state index is 11.2. The molecule has 1 aromatic rings. The van der Waals surface area contributed by atoms with Crippen LogP contribution in [0, 0.1) is 0 Å². The van der Waals surface area contributed by atoms with Crippen LogP contribution in [0.2, 0.25) is 0 Å². The fourth-order valence-corrected chi connectivity index (χ4v) is 4.69. The lowest BCUT2D eigenvalue weighted by molar-refractivity contribution is -0.118. The minimum absolute atomic E-state index is 0.243. The van der Waals surface area contributed by atoms with Crippen LogP contribution in [0.15, 0.2) is 23.4 Å². The first-order valence-electron chi connectivity index (χ1n) is 7.71. The minimum Gasteiger partial charge on any atom is -0.338 e. The van der Waals surface area contributed by atoms with Gasteiger partial charge in [-0.3, -0.25) is 4.79 Å². The lowest BCUT2D eigenvalue weighted by Gasteiger charge is -2.25. The summed E-state index contributed by atoms with van der Waals surface area (Å²) in [5.74, 6) is 0. The first kappa shape index (κ1) is 13.9. The van der Waals surface area contributed by atoms with Crippen LogP contribution in [0.5, 0.6) is 0 Å². The van der Waals surface area contributed by atoms with Gasteiger partial charge in [0.15, 0.2) is 0 Å². The van der Waals surface area contributed by atoms with Crippen molar-refractivity contribution in [2.24, 2.45) is 0 Å². The minimum atomic E-state index is 0.243. The van der Waals surface area contributed by atoms with Crippen molar-refractivity contribution in [3.05, 3.63) is 23.9 Å². The molecule has 20 heavy (non-hydrogen) atoms. The molecule has 3 rings (SSSR count). The molecule has 1 aliphatic heterocycles. The van der Waals surface area contributed by atoms with E-state index in [0.717, 1.165) is 30.8 Å². The number of likely N-dealkylation sites (tertiary alicyclic amines) is 1. The van der Waals surface area contributed by atoms with Crippen LogP contribution in [0.25, 0.3) is 0 Å². The van der Waals surface area contributed by atoms with E-state index in [2.05, 4.69) is 11.1 Å². The topological polar surface area (TPSA) is 33.2 Å². The first-order chi connectivity index (χ1) is 9.88. The second-order valence-corrected chi connectivity index (χ2v) is 7.07. The summed E-state index contributed by atoms with van der Waals surface area (Å²) in [6.45, 7) is 0.886. The molecule has 1 saturated carbocycles. The van der Waals surface area contributed by atoms with Crippen molar-refractivity contribution in [1.29, 1.82) is 0 Å². The molecular formula is C16H22N2OS. The molecule has 1 atom stereocenters. The summed E-state index contributed by atoms with van der Waals surface area (Å²) in [5, 5.41) is 1.86. The van der Waals surface area contributed by atoms with Gasteiger partial charge in [-0.15, -0.1) is 11.8 Å². The monoisotopic (exact) mass is 290 g/mol. The maximum Gasteiger partial charge on any atom is 0.210 e. The van der Waals surface area contributed by atoms with Gasteiger partial charge in [0.25, 0.3) is 0 Å². The standard InChI is InChI=1S/C16H22N2OS/c19-12-18-11-5-9-15(18)14-8-4-10-17-16(14)20-13-6-2-1-3-7-13/h4,8,10,12-13,15H,1-3,5-7,9,11H2/t15-/m0/s1. The van der Waals surface area contributed by atoms with Crippen molar-refractivity contribution in [3.63, 3.8) is 0 Å². The van der Waals surface area contributed by atoms with E-state index in [1.165, 1.54) is 37.7 Å². The summed E-state index contributed by atoms with van der Waals surface area (Å²) in [6.07, 6.45) is 11.8. The van der Waals surface area contributed by atoms with Gasteiger partial charge in [-0.25, -0.2) is 4.98 Å². The number of carbonyl (C=O) groups is 1. The second-order valence-electron chi connectivity index (χ2n) is 5.78. The van der Waals surface area contributed by atoms with Crippen LogP contribution >= 0.6 is 11.8 Å². The maximum absolute atomic E-state index is 11.2. The Hall–Kier alpha value is -1.03. The van der Waals surface area contributed by atoms with E-state index in [0.29, 0.717) is 5.25 Å². The number of thioether (sulfide) groups is 1. The van der Waals surface area contributed by atoms with Crippen LogP contribution in [-0.2, 0) is 4.79 Å². The quantitative estimate of drug-likeness (QED) is 0.791. The van der Waals surface area contributed by atoms with E-state index in [9.17, 15) is 4.79 Å². The Morgan fingerprint density at radius 3 is 2.85 bits per heavy atom. The van der Waals surface area contributed by atoms with Gasteiger partial charge in [-0.1, -0.05) is 25.3 Å². The average molecular weight is 290 g/mol. The van der Waals surface area contributed by atoms with Gasteiger partial charge in [-0.2, -0.15) is 0 Å². The molecule has 0 aromatic carbocycles. The first-order valence-corrected chi connectivity index (χ1v) is 8.59. The van der Waals surface area contributed by atoms with Crippen LogP contribution in [-0.4, -0.2) is 28.1 Å². The molecule has 0 unspecified atom stereocenters. The highest BCUT2D eigenvalue weighted by molar-refractivity contribution is 7.99. The molecule has 2 fully saturated rings. The van der Waals surface area contributed by atoms with Gasteiger partial charge < -0.3 is 4.90 Å². The van der Waals surface area contributed by atoms with Gasteiger partial charge in [0, 0.05) is 23.6 Å². The van der Waals surface area contributed by atoms with E-state index < -0.39 is 0 Å². The van der Waals surface area contributed by atoms with Gasteiger partial charge in [0.05, 0.1) is 6.04 Å². The predicted octanol–water partition coefficient (Wildman–Crippen LogP) is 3.80. The van der Waals surface area contributed by atoms with Crippen LogP contribution in [0.1, 0.15) is 56.6 Å². The zero-order valence-electron chi connectivity index (χ0n) is 11.8. The molecule has 0 N–H and O–H groups in total. The second kappa shape index (κ2) is 6.61. The number of pyridine rings is 1. The summed E-state index contributed by atoms with van der Waals surface area (Å²) in [5.41, 5.74) is 1.26. The zero-order valence-corrected chi connectivity index (χ0v) is 12.6. The number of aromatic nitrogens is 1. The van der Waals surface area contributed by atoms with Crippen molar-refractivity contribution in [1.82, 2.24) is 9.88 Å². The summed E-state index contributed by atoms with van der Waals surface area (Å²) in [7, 11) is 0. The number of rotatable bonds is 4. The summed E-state index contributed by atoms with van der Waals surface area (Å²) >= 11 is 1.94. The zero-order chi connectivity index (χ0) is 13.8. The third-order valence-electron chi connectivity index (χ3n) is 4.42. The molecule has 1 aromatic heterocycles.